The highest BCUT2D eigenvalue weighted by Crippen LogP contribution is 2.32. The summed E-state index contributed by atoms with van der Waals surface area (Å²) < 4.78 is 46.5. The van der Waals surface area contributed by atoms with Gasteiger partial charge in [-0.05, 0) is 25.8 Å². The van der Waals surface area contributed by atoms with E-state index in [0.717, 1.165) is 12.8 Å². The molecule has 3 heterocycles. The number of aliphatic hydroxyl groups is 9. The van der Waals surface area contributed by atoms with Crippen molar-refractivity contribution in [3.05, 3.63) is 0 Å². The molecular weight excluding hydrogens is 549 g/mol. The van der Waals surface area contributed by atoms with Crippen LogP contribution in [0.2, 0.25) is 0 Å². The summed E-state index contributed by atoms with van der Waals surface area (Å²) in [6.07, 6.45) is -22.7. The zero-order valence-corrected chi connectivity index (χ0v) is 21.7. The number of hydrogen-bond acceptors (Lipinski definition) is 16. The molecule has 236 valence electrons. The minimum atomic E-state index is -1.93. The second kappa shape index (κ2) is 15.7. The zero-order chi connectivity index (χ0) is 29.6. The molecule has 17 heteroatoms. The van der Waals surface area contributed by atoms with Crippen LogP contribution in [0.25, 0.3) is 0 Å². The largest absolute Gasteiger partial charge is 0.394 e. The predicted octanol–water partition coefficient (Wildman–Crippen LogP) is -5.44. The van der Waals surface area contributed by atoms with Crippen LogP contribution in [0.15, 0.2) is 0 Å². The molecule has 0 amide bonds. The molecule has 0 radical (unpaired) electrons. The summed E-state index contributed by atoms with van der Waals surface area (Å²) in [6, 6.07) is 0. The van der Waals surface area contributed by atoms with E-state index in [0.29, 0.717) is 13.0 Å². The first-order chi connectivity index (χ1) is 19.1. The topological polar surface area (TPSA) is 263 Å². The van der Waals surface area contributed by atoms with Gasteiger partial charge in [0.2, 0.25) is 0 Å². The highest BCUT2D eigenvalue weighted by molar-refractivity contribution is 4.96. The van der Waals surface area contributed by atoms with Gasteiger partial charge in [0.05, 0.1) is 13.2 Å². The Labute approximate surface area is 229 Å². The molecule has 3 aliphatic rings. The fraction of sp³-hybridized carbons (Fsp3) is 1.00. The molecule has 0 aromatic carbocycles. The van der Waals surface area contributed by atoms with Crippen LogP contribution in [0.1, 0.15) is 19.3 Å². The summed E-state index contributed by atoms with van der Waals surface area (Å²) in [5, 5.41) is 91.9. The van der Waals surface area contributed by atoms with E-state index in [9.17, 15) is 50.3 Å². The Bertz CT molecular complexity index is 738. The van der Waals surface area contributed by atoms with E-state index >= 15 is 0 Å². The minimum absolute atomic E-state index is 0.156. The molecule has 40 heavy (non-hydrogen) atoms. The number of alkyl halides is 1. The number of halogens is 1. The van der Waals surface area contributed by atoms with Gasteiger partial charge in [-0.3, -0.25) is 0 Å². The molecule has 0 aromatic rings. The van der Waals surface area contributed by atoms with Gasteiger partial charge in [0.1, 0.15) is 79.9 Å². The predicted molar refractivity (Wildman–Crippen MR) is 127 cm³/mol. The summed E-state index contributed by atoms with van der Waals surface area (Å²) in [5.74, 6) is 0. The molecular formula is C23H42FNO15. The van der Waals surface area contributed by atoms with Gasteiger partial charge >= 0.3 is 0 Å². The van der Waals surface area contributed by atoms with Crippen LogP contribution >= 0.6 is 0 Å². The Morgan fingerprint density at radius 1 is 0.575 bits per heavy atom. The van der Waals surface area contributed by atoms with Crippen molar-refractivity contribution in [1.82, 2.24) is 0 Å². The molecule has 0 spiro atoms. The van der Waals surface area contributed by atoms with E-state index in [4.69, 9.17) is 34.2 Å². The number of hydrogen-bond donors (Lipinski definition) is 10. The molecule has 3 saturated heterocycles. The van der Waals surface area contributed by atoms with Crippen molar-refractivity contribution in [2.75, 3.05) is 33.0 Å². The summed E-state index contributed by atoms with van der Waals surface area (Å²) in [6.45, 7) is -2.09. The van der Waals surface area contributed by atoms with Crippen molar-refractivity contribution in [1.29, 1.82) is 0 Å². The average Bonchev–Trinajstić information content (AvgIpc) is 2.95. The third-order valence-corrected chi connectivity index (χ3v) is 7.17. The van der Waals surface area contributed by atoms with Crippen LogP contribution < -0.4 is 5.73 Å². The lowest BCUT2D eigenvalue weighted by Crippen LogP contribution is -2.66. The van der Waals surface area contributed by atoms with E-state index < -0.39 is 112 Å². The van der Waals surface area contributed by atoms with Crippen LogP contribution in [-0.4, -0.2) is 171 Å². The summed E-state index contributed by atoms with van der Waals surface area (Å²) in [7, 11) is 0. The van der Waals surface area contributed by atoms with Crippen LogP contribution in [0.4, 0.5) is 4.39 Å². The van der Waals surface area contributed by atoms with E-state index in [1.54, 1.807) is 0 Å². The monoisotopic (exact) mass is 591 g/mol. The SMILES string of the molecule is NCCCCCO[C@@H]1O[C@H](CF)[C@@H](O[C@@H]2O[C@H](CO)[C@H](O[C@H]3O[C@H](CO)[C@H](O)[C@H](O)[C@H]3O)[C@H](O)[C@H]2O)[C@H](O)[C@H]1O. The zero-order valence-electron chi connectivity index (χ0n) is 21.7. The molecule has 0 saturated carbocycles. The highest BCUT2D eigenvalue weighted by Gasteiger charge is 2.53. The number of ether oxygens (including phenoxy) is 6. The molecule has 16 nitrogen and oxygen atoms in total. The van der Waals surface area contributed by atoms with Crippen molar-refractivity contribution in [3.63, 3.8) is 0 Å². The Balaban J connectivity index is 1.64. The highest BCUT2D eigenvalue weighted by atomic mass is 19.1. The summed E-state index contributed by atoms with van der Waals surface area (Å²) in [5.41, 5.74) is 5.43. The molecule has 15 atom stereocenters. The van der Waals surface area contributed by atoms with Crippen molar-refractivity contribution in [2.45, 2.75) is 111 Å². The standard InChI is InChI=1S/C23H42FNO15/c24-6-9-19(14(30)17(33)21(36-9)35-5-3-1-2-4-25)39-23-18(34)15(31)20(11(8-27)38-23)40-22-16(32)13(29)12(28)10(7-26)37-22/h9-23,26-34H,1-8,25H2/t9-,10-,11-,12+,13+,14-,15-,16-,17-,18-,19-,20+,21-,22-,23+/m1/s1. The van der Waals surface area contributed by atoms with Crippen molar-refractivity contribution >= 4 is 0 Å². The van der Waals surface area contributed by atoms with Crippen molar-refractivity contribution in [2.24, 2.45) is 5.73 Å². The molecule has 3 fully saturated rings. The molecule has 0 aromatic heterocycles. The van der Waals surface area contributed by atoms with Gasteiger partial charge in [0.25, 0.3) is 0 Å². The van der Waals surface area contributed by atoms with Crippen LogP contribution in [0.5, 0.6) is 0 Å². The van der Waals surface area contributed by atoms with E-state index in [1.807, 2.05) is 0 Å². The first-order valence-corrected chi connectivity index (χ1v) is 13.2. The number of aliphatic hydroxyl groups excluding tert-OH is 9. The first kappa shape index (κ1) is 33.8. The van der Waals surface area contributed by atoms with Crippen LogP contribution in [0.3, 0.4) is 0 Å². The van der Waals surface area contributed by atoms with E-state index in [-0.39, 0.29) is 6.61 Å². The minimum Gasteiger partial charge on any atom is -0.394 e. The summed E-state index contributed by atoms with van der Waals surface area (Å²) >= 11 is 0. The Kier molecular flexibility index (Phi) is 13.2. The number of nitrogens with two attached hydrogens (primary N) is 1. The van der Waals surface area contributed by atoms with E-state index in [2.05, 4.69) is 0 Å². The Morgan fingerprint density at radius 2 is 1.07 bits per heavy atom. The third-order valence-electron chi connectivity index (χ3n) is 7.17. The van der Waals surface area contributed by atoms with Gasteiger partial charge in [-0.15, -0.1) is 0 Å². The maximum Gasteiger partial charge on any atom is 0.187 e. The quantitative estimate of drug-likeness (QED) is 0.0896. The van der Waals surface area contributed by atoms with Crippen LogP contribution in [-0.2, 0) is 28.4 Å². The second-order valence-electron chi connectivity index (χ2n) is 10.0. The lowest BCUT2D eigenvalue weighted by molar-refractivity contribution is -0.378. The van der Waals surface area contributed by atoms with Gasteiger partial charge in [0, 0.05) is 6.61 Å². The molecule has 0 unspecified atom stereocenters. The van der Waals surface area contributed by atoms with Gasteiger partial charge in [-0.25, -0.2) is 4.39 Å². The molecule has 3 aliphatic heterocycles. The van der Waals surface area contributed by atoms with Crippen molar-refractivity contribution in [3.8, 4) is 0 Å². The maximum atomic E-state index is 13.9. The van der Waals surface area contributed by atoms with Crippen molar-refractivity contribution < 1.29 is 78.8 Å². The Morgan fingerprint density at radius 3 is 1.62 bits per heavy atom. The molecule has 0 aliphatic carbocycles. The van der Waals surface area contributed by atoms with E-state index in [1.165, 1.54) is 0 Å². The van der Waals surface area contributed by atoms with Gasteiger partial charge in [-0.1, -0.05) is 0 Å². The number of rotatable bonds is 13. The second-order valence-corrected chi connectivity index (χ2v) is 10.0. The van der Waals surface area contributed by atoms with Gasteiger partial charge in [0.15, 0.2) is 18.9 Å². The third kappa shape index (κ3) is 7.62. The lowest BCUT2D eigenvalue weighted by atomic mass is 9.96. The lowest BCUT2D eigenvalue weighted by Gasteiger charge is -2.48. The average molecular weight is 592 g/mol. The van der Waals surface area contributed by atoms with Gasteiger partial charge in [-0.2, -0.15) is 0 Å². The molecule has 3 rings (SSSR count). The normalized spacial score (nSPS) is 46.4. The van der Waals surface area contributed by atoms with Crippen LogP contribution in [0, 0.1) is 0 Å². The molecule has 0 bridgehead atoms. The number of unbranched alkanes of at least 4 members (excludes halogenated alkanes) is 2. The smallest absolute Gasteiger partial charge is 0.187 e. The van der Waals surface area contributed by atoms with Gasteiger partial charge < -0.3 is 80.1 Å². The maximum absolute atomic E-state index is 13.9. The first-order valence-electron chi connectivity index (χ1n) is 13.2. The molecule has 11 N–H and O–H groups in total. The fourth-order valence-electron chi connectivity index (χ4n) is 4.78. The fourth-order valence-corrected chi connectivity index (χ4v) is 4.78. The summed E-state index contributed by atoms with van der Waals surface area (Å²) in [4.78, 5) is 0. The Hall–Kier alpha value is -0.710.